The maximum atomic E-state index is 12.6. The molecule has 2 amide bonds. The SMILES string of the molecule is CCOc1c(Br)cc(C(=O)Nc2ccc(NC(C)=O)c(C)c2)cc1OC. The second kappa shape index (κ2) is 8.71. The highest BCUT2D eigenvalue weighted by Crippen LogP contribution is 2.36. The van der Waals surface area contributed by atoms with E-state index in [0.717, 1.165) is 5.56 Å². The van der Waals surface area contributed by atoms with Crippen LogP contribution in [0.3, 0.4) is 0 Å². The Labute approximate surface area is 161 Å². The van der Waals surface area contributed by atoms with Crippen molar-refractivity contribution in [3.63, 3.8) is 0 Å². The third kappa shape index (κ3) is 4.76. The van der Waals surface area contributed by atoms with Crippen LogP contribution in [0.5, 0.6) is 11.5 Å². The summed E-state index contributed by atoms with van der Waals surface area (Å²) in [6.07, 6.45) is 0. The van der Waals surface area contributed by atoms with Crippen LogP contribution in [-0.4, -0.2) is 25.5 Å². The van der Waals surface area contributed by atoms with Gasteiger partial charge in [0.05, 0.1) is 18.2 Å². The maximum Gasteiger partial charge on any atom is 0.255 e. The van der Waals surface area contributed by atoms with Crippen molar-refractivity contribution in [2.75, 3.05) is 24.4 Å². The predicted octanol–water partition coefficient (Wildman–Crippen LogP) is 4.38. The van der Waals surface area contributed by atoms with Crippen LogP contribution in [0.4, 0.5) is 11.4 Å². The van der Waals surface area contributed by atoms with Gasteiger partial charge in [0.1, 0.15) is 0 Å². The third-order valence-electron chi connectivity index (χ3n) is 3.58. The number of ether oxygens (including phenoxy) is 2. The minimum Gasteiger partial charge on any atom is -0.493 e. The zero-order valence-electron chi connectivity index (χ0n) is 15.1. The van der Waals surface area contributed by atoms with Gasteiger partial charge in [0.2, 0.25) is 5.91 Å². The molecule has 2 N–H and O–H groups in total. The Balaban J connectivity index is 2.23. The summed E-state index contributed by atoms with van der Waals surface area (Å²) in [7, 11) is 1.52. The van der Waals surface area contributed by atoms with Crippen LogP contribution in [0.1, 0.15) is 29.8 Å². The first-order valence-corrected chi connectivity index (χ1v) is 8.85. The molecule has 2 aromatic carbocycles. The quantitative estimate of drug-likeness (QED) is 0.726. The number of hydrogen-bond donors (Lipinski definition) is 2. The lowest BCUT2D eigenvalue weighted by Gasteiger charge is -2.14. The maximum absolute atomic E-state index is 12.6. The third-order valence-corrected chi connectivity index (χ3v) is 4.16. The summed E-state index contributed by atoms with van der Waals surface area (Å²) in [6, 6.07) is 8.59. The van der Waals surface area contributed by atoms with Crippen molar-refractivity contribution in [2.24, 2.45) is 0 Å². The first-order valence-electron chi connectivity index (χ1n) is 8.05. The van der Waals surface area contributed by atoms with Crippen LogP contribution < -0.4 is 20.1 Å². The topological polar surface area (TPSA) is 76.7 Å². The van der Waals surface area contributed by atoms with E-state index in [9.17, 15) is 9.59 Å². The summed E-state index contributed by atoms with van der Waals surface area (Å²) >= 11 is 3.41. The molecule has 0 saturated carbocycles. The zero-order valence-corrected chi connectivity index (χ0v) is 16.7. The van der Waals surface area contributed by atoms with Crippen molar-refractivity contribution in [1.82, 2.24) is 0 Å². The number of amides is 2. The summed E-state index contributed by atoms with van der Waals surface area (Å²) in [5, 5.41) is 5.58. The number of hydrogen-bond acceptors (Lipinski definition) is 4. The summed E-state index contributed by atoms with van der Waals surface area (Å²) in [6.45, 7) is 5.67. The average Bonchev–Trinajstić information content (AvgIpc) is 2.58. The molecule has 0 bridgehead atoms. The smallest absolute Gasteiger partial charge is 0.255 e. The number of nitrogens with one attached hydrogen (secondary N) is 2. The molecule has 0 fully saturated rings. The molecule has 0 saturated heterocycles. The Bertz CT molecular complexity index is 837. The largest absolute Gasteiger partial charge is 0.493 e. The van der Waals surface area contributed by atoms with Crippen molar-refractivity contribution < 1.29 is 19.1 Å². The van der Waals surface area contributed by atoms with Crippen molar-refractivity contribution in [1.29, 1.82) is 0 Å². The molecule has 0 radical (unpaired) electrons. The van der Waals surface area contributed by atoms with Gasteiger partial charge in [0.25, 0.3) is 5.91 Å². The molecule has 0 atom stereocenters. The highest BCUT2D eigenvalue weighted by atomic mass is 79.9. The molecule has 0 aliphatic carbocycles. The number of rotatable bonds is 6. The molecule has 26 heavy (non-hydrogen) atoms. The van der Waals surface area contributed by atoms with Crippen molar-refractivity contribution in [3.05, 3.63) is 45.9 Å². The van der Waals surface area contributed by atoms with Crippen LogP contribution in [0.15, 0.2) is 34.8 Å². The van der Waals surface area contributed by atoms with Gasteiger partial charge >= 0.3 is 0 Å². The molecular weight excluding hydrogens is 400 g/mol. The lowest BCUT2D eigenvalue weighted by molar-refractivity contribution is -0.114. The number of halogens is 1. The van der Waals surface area contributed by atoms with E-state index in [4.69, 9.17) is 9.47 Å². The van der Waals surface area contributed by atoms with Gasteiger partial charge in [0.15, 0.2) is 11.5 Å². The molecular formula is C19H21BrN2O4. The zero-order chi connectivity index (χ0) is 19.3. The fourth-order valence-electron chi connectivity index (χ4n) is 2.41. The fraction of sp³-hybridized carbons (Fsp3) is 0.263. The van der Waals surface area contributed by atoms with Gasteiger partial charge in [-0.25, -0.2) is 0 Å². The monoisotopic (exact) mass is 420 g/mol. The van der Waals surface area contributed by atoms with E-state index in [0.29, 0.717) is 39.5 Å². The van der Waals surface area contributed by atoms with Gasteiger partial charge in [-0.1, -0.05) is 0 Å². The van der Waals surface area contributed by atoms with E-state index in [1.54, 1.807) is 30.3 Å². The minimum atomic E-state index is -0.279. The molecule has 2 rings (SSSR count). The van der Waals surface area contributed by atoms with Crippen LogP contribution in [0.25, 0.3) is 0 Å². The van der Waals surface area contributed by atoms with Crippen LogP contribution in [-0.2, 0) is 4.79 Å². The van der Waals surface area contributed by atoms with E-state index in [2.05, 4.69) is 26.6 Å². The minimum absolute atomic E-state index is 0.142. The normalized spacial score (nSPS) is 10.2. The summed E-state index contributed by atoms with van der Waals surface area (Å²) in [5.41, 5.74) is 2.62. The number of carbonyl (C=O) groups excluding carboxylic acids is 2. The first-order chi connectivity index (χ1) is 12.3. The van der Waals surface area contributed by atoms with Crippen LogP contribution in [0.2, 0.25) is 0 Å². The molecule has 0 aliphatic heterocycles. The van der Waals surface area contributed by atoms with Crippen LogP contribution in [0, 0.1) is 6.92 Å². The Morgan fingerprint density at radius 2 is 1.88 bits per heavy atom. The highest BCUT2D eigenvalue weighted by molar-refractivity contribution is 9.10. The standard InChI is InChI=1S/C19H21BrN2O4/c1-5-26-18-15(20)9-13(10-17(18)25-4)19(24)22-14-6-7-16(11(2)8-14)21-12(3)23/h6-10H,5H2,1-4H3,(H,21,23)(H,22,24). The number of carbonyl (C=O) groups is 2. The molecule has 138 valence electrons. The molecule has 0 unspecified atom stereocenters. The number of benzene rings is 2. The Morgan fingerprint density at radius 3 is 2.46 bits per heavy atom. The Kier molecular flexibility index (Phi) is 6.63. The van der Waals surface area contributed by atoms with E-state index in [1.165, 1.54) is 14.0 Å². The van der Waals surface area contributed by atoms with Crippen molar-refractivity contribution in [2.45, 2.75) is 20.8 Å². The molecule has 0 aromatic heterocycles. The summed E-state index contributed by atoms with van der Waals surface area (Å²) < 4.78 is 11.5. The van der Waals surface area contributed by atoms with Gasteiger partial charge in [-0.2, -0.15) is 0 Å². The van der Waals surface area contributed by atoms with Gasteiger partial charge in [-0.15, -0.1) is 0 Å². The number of aryl methyl sites for hydroxylation is 1. The van der Waals surface area contributed by atoms with Gasteiger partial charge in [-0.05, 0) is 65.7 Å². The predicted molar refractivity (Wildman–Crippen MR) is 105 cm³/mol. The van der Waals surface area contributed by atoms with Crippen LogP contribution >= 0.6 is 15.9 Å². The number of methoxy groups -OCH3 is 1. The average molecular weight is 421 g/mol. The van der Waals surface area contributed by atoms with E-state index < -0.39 is 0 Å². The highest BCUT2D eigenvalue weighted by Gasteiger charge is 2.16. The second-order valence-electron chi connectivity index (χ2n) is 5.59. The van der Waals surface area contributed by atoms with Gasteiger partial charge in [0, 0.05) is 23.9 Å². The molecule has 0 heterocycles. The van der Waals surface area contributed by atoms with E-state index in [1.807, 2.05) is 13.8 Å². The Morgan fingerprint density at radius 1 is 1.15 bits per heavy atom. The van der Waals surface area contributed by atoms with E-state index in [-0.39, 0.29) is 11.8 Å². The molecule has 0 spiro atoms. The fourth-order valence-corrected chi connectivity index (χ4v) is 2.97. The van der Waals surface area contributed by atoms with Crippen molar-refractivity contribution >= 4 is 39.1 Å². The van der Waals surface area contributed by atoms with Gasteiger partial charge in [-0.3, -0.25) is 9.59 Å². The summed E-state index contributed by atoms with van der Waals surface area (Å²) in [5.74, 6) is 0.612. The van der Waals surface area contributed by atoms with Crippen molar-refractivity contribution in [3.8, 4) is 11.5 Å². The lowest BCUT2D eigenvalue weighted by Crippen LogP contribution is -2.13. The van der Waals surface area contributed by atoms with Gasteiger partial charge < -0.3 is 20.1 Å². The number of anilines is 2. The first kappa shape index (κ1) is 19.8. The second-order valence-corrected chi connectivity index (χ2v) is 6.44. The molecule has 2 aromatic rings. The van der Waals surface area contributed by atoms with E-state index >= 15 is 0 Å². The molecule has 6 nitrogen and oxygen atoms in total. The summed E-state index contributed by atoms with van der Waals surface area (Å²) in [4.78, 5) is 23.8. The molecule has 0 aliphatic rings. The Hall–Kier alpha value is -2.54. The molecule has 7 heteroatoms. The lowest BCUT2D eigenvalue weighted by atomic mass is 10.1.